The molecule has 0 fully saturated rings. The van der Waals surface area contributed by atoms with Crippen LogP contribution in [0.5, 0.6) is 0 Å². The van der Waals surface area contributed by atoms with Gasteiger partial charge in [-0.05, 0) is 55.3 Å². The summed E-state index contributed by atoms with van der Waals surface area (Å²) < 4.78 is 25.9. The molecule has 5 nitrogen and oxygen atoms in total. The summed E-state index contributed by atoms with van der Waals surface area (Å²) in [6, 6.07) is 21.5. The minimum absolute atomic E-state index is 0.128. The number of amides is 1. The van der Waals surface area contributed by atoms with Crippen LogP contribution < -0.4 is 9.62 Å². The lowest BCUT2D eigenvalue weighted by Gasteiger charge is -2.23. The van der Waals surface area contributed by atoms with Gasteiger partial charge in [-0.1, -0.05) is 59.6 Å². The number of hydrogen-bond acceptors (Lipinski definition) is 3. The van der Waals surface area contributed by atoms with Gasteiger partial charge < -0.3 is 5.32 Å². The van der Waals surface area contributed by atoms with E-state index in [4.69, 9.17) is 11.6 Å². The molecule has 162 valence electrons. The summed E-state index contributed by atoms with van der Waals surface area (Å²) in [7, 11) is -3.51. The number of hydrogen-bond donors (Lipinski definition) is 1. The van der Waals surface area contributed by atoms with Gasteiger partial charge in [0.15, 0.2) is 0 Å². The summed E-state index contributed by atoms with van der Waals surface area (Å²) in [5.41, 5.74) is 3.95. The Hall–Kier alpha value is -2.83. The topological polar surface area (TPSA) is 66.5 Å². The minimum Gasteiger partial charge on any atom is -0.346 e. The Labute approximate surface area is 188 Å². The molecule has 0 saturated carbocycles. The standard InChI is InChI=1S/C24H25ClN2O3S/c1-17-7-11-20(12-8-17)18(2)26-24(28)21-13-9-19(10-14-21)16-27(31(3,29)30)23-6-4-5-22(25)15-23/h4-15,18H,16H2,1-3H3,(H,26,28). The minimum atomic E-state index is -3.51. The monoisotopic (exact) mass is 456 g/mol. The molecule has 7 heteroatoms. The molecule has 0 radical (unpaired) electrons. The maximum atomic E-state index is 12.6. The fourth-order valence-corrected chi connectivity index (χ4v) is 4.24. The van der Waals surface area contributed by atoms with Crippen molar-refractivity contribution in [3.8, 4) is 0 Å². The lowest BCUT2D eigenvalue weighted by Crippen LogP contribution is -2.29. The Morgan fingerprint density at radius 3 is 2.26 bits per heavy atom. The van der Waals surface area contributed by atoms with Crippen molar-refractivity contribution in [2.75, 3.05) is 10.6 Å². The molecular formula is C24H25ClN2O3S. The highest BCUT2D eigenvalue weighted by Crippen LogP contribution is 2.24. The lowest BCUT2D eigenvalue weighted by atomic mass is 10.1. The van der Waals surface area contributed by atoms with Crippen LogP contribution >= 0.6 is 11.6 Å². The number of anilines is 1. The average molecular weight is 457 g/mol. The summed E-state index contributed by atoms with van der Waals surface area (Å²) in [6.45, 7) is 4.10. The van der Waals surface area contributed by atoms with Crippen molar-refractivity contribution in [2.45, 2.75) is 26.4 Å². The molecule has 0 bridgehead atoms. The highest BCUT2D eigenvalue weighted by Gasteiger charge is 2.19. The second-order valence-corrected chi connectivity index (χ2v) is 9.90. The van der Waals surface area contributed by atoms with Crippen molar-refractivity contribution in [1.29, 1.82) is 0 Å². The number of carbonyl (C=O) groups excluding carboxylic acids is 1. The molecule has 3 rings (SSSR count). The van der Waals surface area contributed by atoms with Crippen LogP contribution in [0.4, 0.5) is 5.69 Å². The highest BCUT2D eigenvalue weighted by molar-refractivity contribution is 7.92. The Bertz CT molecular complexity index is 1160. The molecule has 0 heterocycles. The van der Waals surface area contributed by atoms with Gasteiger partial charge in [-0.3, -0.25) is 9.10 Å². The van der Waals surface area contributed by atoms with E-state index < -0.39 is 10.0 Å². The first-order chi connectivity index (χ1) is 14.6. The van der Waals surface area contributed by atoms with E-state index >= 15 is 0 Å². The predicted octanol–water partition coefficient (Wildman–Crippen LogP) is 5.11. The second kappa shape index (κ2) is 9.54. The van der Waals surface area contributed by atoms with Gasteiger partial charge in [0.2, 0.25) is 10.0 Å². The fourth-order valence-electron chi connectivity index (χ4n) is 3.18. The smallest absolute Gasteiger partial charge is 0.251 e. The largest absolute Gasteiger partial charge is 0.346 e. The zero-order chi connectivity index (χ0) is 22.6. The molecular weight excluding hydrogens is 432 g/mol. The van der Waals surface area contributed by atoms with E-state index in [-0.39, 0.29) is 18.5 Å². The van der Waals surface area contributed by atoms with Gasteiger partial charge in [0.1, 0.15) is 0 Å². The van der Waals surface area contributed by atoms with Gasteiger partial charge in [0.05, 0.1) is 24.5 Å². The van der Waals surface area contributed by atoms with Gasteiger partial charge in [0.25, 0.3) is 5.91 Å². The van der Waals surface area contributed by atoms with Crippen molar-refractivity contribution in [2.24, 2.45) is 0 Å². The van der Waals surface area contributed by atoms with Gasteiger partial charge in [-0.15, -0.1) is 0 Å². The van der Waals surface area contributed by atoms with Crippen LogP contribution in [0.25, 0.3) is 0 Å². The van der Waals surface area contributed by atoms with Crippen LogP contribution in [0.2, 0.25) is 5.02 Å². The van der Waals surface area contributed by atoms with E-state index in [9.17, 15) is 13.2 Å². The van der Waals surface area contributed by atoms with Crippen molar-refractivity contribution in [1.82, 2.24) is 5.32 Å². The molecule has 1 N–H and O–H groups in total. The Balaban J connectivity index is 1.72. The third-order valence-corrected chi connectivity index (χ3v) is 6.34. The van der Waals surface area contributed by atoms with E-state index in [0.717, 1.165) is 17.4 Å². The third kappa shape index (κ3) is 6.09. The van der Waals surface area contributed by atoms with Crippen LogP contribution in [0.1, 0.15) is 40.0 Å². The summed E-state index contributed by atoms with van der Waals surface area (Å²) >= 11 is 6.03. The Kier molecular flexibility index (Phi) is 7.03. The van der Waals surface area contributed by atoms with Gasteiger partial charge in [-0.2, -0.15) is 0 Å². The number of benzene rings is 3. The van der Waals surface area contributed by atoms with Gasteiger partial charge >= 0.3 is 0 Å². The lowest BCUT2D eigenvalue weighted by molar-refractivity contribution is 0.0940. The molecule has 0 aliphatic carbocycles. The average Bonchev–Trinajstić information content (AvgIpc) is 2.72. The van der Waals surface area contributed by atoms with Crippen molar-refractivity contribution in [3.05, 3.63) is 100 Å². The summed E-state index contributed by atoms with van der Waals surface area (Å²) in [5, 5.41) is 3.45. The first-order valence-electron chi connectivity index (χ1n) is 9.83. The summed E-state index contributed by atoms with van der Waals surface area (Å²) in [4.78, 5) is 12.6. The maximum Gasteiger partial charge on any atom is 0.251 e. The number of rotatable bonds is 7. The van der Waals surface area contributed by atoms with E-state index in [1.54, 1.807) is 48.5 Å². The number of nitrogens with one attached hydrogen (secondary N) is 1. The van der Waals surface area contributed by atoms with E-state index in [2.05, 4.69) is 5.32 Å². The predicted molar refractivity (Wildman–Crippen MR) is 126 cm³/mol. The fraction of sp³-hybridized carbons (Fsp3) is 0.208. The molecule has 0 aliphatic rings. The van der Waals surface area contributed by atoms with Crippen LogP contribution in [0.3, 0.4) is 0 Å². The molecule has 3 aromatic carbocycles. The van der Waals surface area contributed by atoms with Crippen LogP contribution in [-0.2, 0) is 16.6 Å². The van der Waals surface area contributed by atoms with Crippen LogP contribution in [0.15, 0.2) is 72.8 Å². The Morgan fingerprint density at radius 1 is 1.03 bits per heavy atom. The molecule has 0 spiro atoms. The summed E-state index contributed by atoms with van der Waals surface area (Å²) in [5.74, 6) is -0.186. The van der Waals surface area contributed by atoms with E-state index in [1.807, 2.05) is 38.1 Å². The highest BCUT2D eigenvalue weighted by atomic mass is 35.5. The molecule has 31 heavy (non-hydrogen) atoms. The number of nitrogens with zero attached hydrogens (tertiary/aromatic N) is 1. The van der Waals surface area contributed by atoms with Crippen LogP contribution in [0, 0.1) is 6.92 Å². The molecule has 3 aromatic rings. The molecule has 1 atom stereocenters. The number of sulfonamides is 1. The Morgan fingerprint density at radius 2 is 1.68 bits per heavy atom. The van der Waals surface area contributed by atoms with Crippen LogP contribution in [-0.4, -0.2) is 20.6 Å². The quantitative estimate of drug-likeness (QED) is 0.537. The zero-order valence-corrected chi connectivity index (χ0v) is 19.2. The number of halogens is 1. The van der Waals surface area contributed by atoms with E-state index in [1.165, 1.54) is 9.87 Å². The van der Waals surface area contributed by atoms with Crippen molar-refractivity contribution < 1.29 is 13.2 Å². The molecule has 1 amide bonds. The van der Waals surface area contributed by atoms with Gasteiger partial charge in [-0.25, -0.2) is 8.42 Å². The SMILES string of the molecule is Cc1ccc(C(C)NC(=O)c2ccc(CN(c3cccc(Cl)c3)S(C)(=O)=O)cc2)cc1. The molecule has 0 aliphatic heterocycles. The number of carbonyl (C=O) groups is 1. The molecule has 0 aromatic heterocycles. The second-order valence-electron chi connectivity index (χ2n) is 7.55. The first kappa shape index (κ1) is 22.8. The third-order valence-electron chi connectivity index (χ3n) is 4.96. The molecule has 0 saturated heterocycles. The molecule has 1 unspecified atom stereocenters. The van der Waals surface area contributed by atoms with Crippen molar-refractivity contribution >= 4 is 33.2 Å². The normalized spacial score (nSPS) is 12.3. The van der Waals surface area contributed by atoms with E-state index in [0.29, 0.717) is 16.3 Å². The summed E-state index contributed by atoms with van der Waals surface area (Å²) in [6.07, 6.45) is 1.15. The van der Waals surface area contributed by atoms with Gasteiger partial charge in [0, 0.05) is 10.6 Å². The maximum absolute atomic E-state index is 12.6. The zero-order valence-electron chi connectivity index (χ0n) is 17.7. The number of aryl methyl sites for hydroxylation is 1. The first-order valence-corrected chi connectivity index (χ1v) is 12.1. The van der Waals surface area contributed by atoms with Crippen molar-refractivity contribution in [3.63, 3.8) is 0 Å².